The molecule has 0 spiro atoms. The zero-order valence-electron chi connectivity index (χ0n) is 17.2. The summed E-state index contributed by atoms with van der Waals surface area (Å²) in [5.41, 5.74) is -0.234. The summed E-state index contributed by atoms with van der Waals surface area (Å²) in [4.78, 5) is 26.7. The van der Waals surface area contributed by atoms with Crippen molar-refractivity contribution in [1.82, 2.24) is 14.7 Å². The number of anilines is 1. The van der Waals surface area contributed by atoms with E-state index >= 15 is 0 Å². The lowest BCUT2D eigenvalue weighted by Crippen LogP contribution is -2.39. The fourth-order valence-corrected chi connectivity index (χ4v) is 3.49. The van der Waals surface area contributed by atoms with Gasteiger partial charge in [0.1, 0.15) is 5.82 Å². The number of carbonyl (C=O) groups excluding carboxylic acids is 1. The van der Waals surface area contributed by atoms with Crippen LogP contribution in [-0.4, -0.2) is 39.0 Å². The molecule has 7 nitrogen and oxygen atoms in total. The first-order valence-corrected chi connectivity index (χ1v) is 10.0. The molecule has 32 heavy (non-hydrogen) atoms. The summed E-state index contributed by atoms with van der Waals surface area (Å²) in [6.45, 7) is 1.47. The Balaban J connectivity index is 2.04. The first kappa shape index (κ1) is 23.6. The lowest BCUT2D eigenvalue weighted by atomic mass is 10.0. The molecular formula is C21H20ClF3N4O3. The first-order valence-electron chi connectivity index (χ1n) is 9.63. The van der Waals surface area contributed by atoms with Gasteiger partial charge >= 0.3 is 6.03 Å². The fourth-order valence-electron chi connectivity index (χ4n) is 3.31. The Morgan fingerprint density at radius 1 is 1.19 bits per heavy atom. The van der Waals surface area contributed by atoms with Crippen LogP contribution >= 0.6 is 11.6 Å². The normalized spacial score (nSPS) is 12.1. The Kier molecular flexibility index (Phi) is 7.05. The van der Waals surface area contributed by atoms with E-state index in [1.165, 1.54) is 24.1 Å². The lowest BCUT2D eigenvalue weighted by molar-refractivity contribution is 0.181. The molecule has 0 aliphatic rings. The monoisotopic (exact) mass is 468 g/mol. The molecule has 0 saturated carbocycles. The topological polar surface area (TPSA) is 87.5 Å². The van der Waals surface area contributed by atoms with Crippen molar-refractivity contribution in [2.75, 3.05) is 18.5 Å². The first-order chi connectivity index (χ1) is 15.1. The molecule has 1 heterocycles. The third-order valence-electron chi connectivity index (χ3n) is 4.97. The highest BCUT2D eigenvalue weighted by molar-refractivity contribution is 6.31. The van der Waals surface area contributed by atoms with Gasteiger partial charge in [0.05, 0.1) is 22.1 Å². The van der Waals surface area contributed by atoms with Crippen molar-refractivity contribution in [2.45, 2.75) is 19.4 Å². The van der Waals surface area contributed by atoms with Crippen LogP contribution in [0.4, 0.5) is 23.7 Å². The summed E-state index contributed by atoms with van der Waals surface area (Å²) < 4.78 is 42.1. The average Bonchev–Trinajstić information content (AvgIpc) is 2.75. The number of aryl methyl sites for hydroxylation is 1. The van der Waals surface area contributed by atoms with E-state index < -0.39 is 35.1 Å². The molecule has 0 radical (unpaired) electrons. The van der Waals surface area contributed by atoms with Crippen LogP contribution in [0.25, 0.3) is 10.8 Å². The van der Waals surface area contributed by atoms with Gasteiger partial charge in [0.2, 0.25) is 0 Å². The van der Waals surface area contributed by atoms with E-state index in [9.17, 15) is 27.9 Å². The van der Waals surface area contributed by atoms with Crippen molar-refractivity contribution < 1.29 is 23.1 Å². The van der Waals surface area contributed by atoms with Gasteiger partial charge in [-0.25, -0.2) is 22.6 Å². The molecule has 2 aromatic carbocycles. The van der Waals surface area contributed by atoms with Gasteiger partial charge in [0.15, 0.2) is 11.6 Å². The molecule has 1 aromatic heterocycles. The predicted molar refractivity (Wildman–Crippen MR) is 114 cm³/mol. The second kappa shape index (κ2) is 9.58. The highest BCUT2D eigenvalue weighted by atomic mass is 35.5. The molecule has 2 amide bonds. The van der Waals surface area contributed by atoms with Gasteiger partial charge in [-0.3, -0.25) is 4.79 Å². The number of hydrogen-bond donors (Lipinski definition) is 2. The molecule has 11 heteroatoms. The molecule has 0 fully saturated rings. The summed E-state index contributed by atoms with van der Waals surface area (Å²) in [5.74, 6) is -2.99. The highest BCUT2D eigenvalue weighted by Crippen LogP contribution is 2.28. The van der Waals surface area contributed by atoms with Crippen LogP contribution in [0.2, 0.25) is 5.02 Å². The summed E-state index contributed by atoms with van der Waals surface area (Å²) in [6, 6.07) is 3.89. The molecule has 3 aromatic rings. The van der Waals surface area contributed by atoms with Gasteiger partial charge in [-0.2, -0.15) is 5.10 Å². The third-order valence-corrected chi connectivity index (χ3v) is 5.26. The number of rotatable bonds is 6. The predicted octanol–water partition coefficient (Wildman–Crippen LogP) is 3.98. The fraction of sp³-hybridized carbons (Fsp3) is 0.286. The molecule has 170 valence electrons. The van der Waals surface area contributed by atoms with Crippen molar-refractivity contribution in [3.05, 3.63) is 68.9 Å². The Morgan fingerprint density at radius 3 is 2.47 bits per heavy atom. The van der Waals surface area contributed by atoms with Gasteiger partial charge in [-0.1, -0.05) is 11.6 Å². The maximum atomic E-state index is 14.0. The molecule has 0 unspecified atom stereocenters. The molecular weight excluding hydrogens is 449 g/mol. The number of nitrogens with zero attached hydrogens (tertiary/aromatic N) is 3. The Bertz CT molecular complexity index is 1240. The molecule has 0 saturated heterocycles. The van der Waals surface area contributed by atoms with Crippen LogP contribution in [0.1, 0.15) is 25.1 Å². The lowest BCUT2D eigenvalue weighted by Gasteiger charge is -2.29. The second-order valence-electron chi connectivity index (χ2n) is 7.13. The Morgan fingerprint density at radius 2 is 1.84 bits per heavy atom. The molecule has 0 aliphatic carbocycles. The Hall–Kier alpha value is -3.11. The standard InChI is InChI=1S/C21H20ClF3N4O3/c1-11(19-13-9-17(24)18(25)10-14(13)20(31)28(2)27-19)29(6-3-7-30)21(32)26-12-4-5-16(23)15(22)8-12/h4-5,8-11,30H,3,6-7H2,1-2H3,(H,26,32)/t11-/m1/s1. The third kappa shape index (κ3) is 4.71. The summed E-state index contributed by atoms with van der Waals surface area (Å²) in [7, 11) is 1.36. The SMILES string of the molecule is C[C@H](c1nn(C)c(=O)c2cc(F)c(F)cc12)N(CCCO)C(=O)Nc1ccc(F)c(Cl)c1. The number of aromatic nitrogens is 2. The zero-order chi connectivity index (χ0) is 23.6. The quantitative estimate of drug-likeness (QED) is 0.573. The average molecular weight is 469 g/mol. The van der Waals surface area contributed by atoms with E-state index in [0.717, 1.165) is 22.9 Å². The van der Waals surface area contributed by atoms with Crippen LogP contribution in [-0.2, 0) is 7.05 Å². The molecule has 3 rings (SSSR count). The number of carbonyl (C=O) groups is 1. The number of halogens is 4. The molecule has 0 bridgehead atoms. The summed E-state index contributed by atoms with van der Waals surface area (Å²) >= 11 is 5.76. The Labute approximate surface area is 186 Å². The summed E-state index contributed by atoms with van der Waals surface area (Å²) in [5, 5.41) is 15.8. The highest BCUT2D eigenvalue weighted by Gasteiger charge is 2.26. The van der Waals surface area contributed by atoms with E-state index in [1.54, 1.807) is 6.92 Å². The number of hydrogen-bond acceptors (Lipinski definition) is 4. The van der Waals surface area contributed by atoms with Gasteiger partial charge in [0, 0.05) is 31.3 Å². The van der Waals surface area contributed by atoms with Crippen molar-refractivity contribution >= 4 is 34.1 Å². The summed E-state index contributed by atoms with van der Waals surface area (Å²) in [6.07, 6.45) is 0.217. The number of urea groups is 1. The van der Waals surface area contributed by atoms with Crippen LogP contribution in [0.5, 0.6) is 0 Å². The van der Waals surface area contributed by atoms with Crippen LogP contribution in [0.3, 0.4) is 0 Å². The second-order valence-corrected chi connectivity index (χ2v) is 7.54. The van der Waals surface area contributed by atoms with Gasteiger partial charge in [0.25, 0.3) is 5.56 Å². The maximum Gasteiger partial charge on any atom is 0.322 e. The van der Waals surface area contributed by atoms with E-state index in [0.29, 0.717) is 0 Å². The van der Waals surface area contributed by atoms with E-state index in [1.807, 2.05) is 0 Å². The molecule has 2 N–H and O–H groups in total. The van der Waals surface area contributed by atoms with Gasteiger partial charge in [-0.05, 0) is 43.7 Å². The van der Waals surface area contributed by atoms with E-state index in [-0.39, 0.29) is 46.7 Å². The molecule has 0 aliphatic heterocycles. The number of aliphatic hydroxyl groups is 1. The zero-order valence-corrected chi connectivity index (χ0v) is 18.0. The van der Waals surface area contributed by atoms with Crippen molar-refractivity contribution in [3.8, 4) is 0 Å². The number of aliphatic hydroxyl groups excluding tert-OH is 1. The maximum absolute atomic E-state index is 14.0. The molecule has 1 atom stereocenters. The van der Waals surface area contributed by atoms with Crippen molar-refractivity contribution in [1.29, 1.82) is 0 Å². The minimum atomic E-state index is -1.18. The van der Waals surface area contributed by atoms with Gasteiger partial charge < -0.3 is 15.3 Å². The largest absolute Gasteiger partial charge is 0.396 e. The minimum absolute atomic E-state index is 0.0612. The number of benzene rings is 2. The van der Waals surface area contributed by atoms with Gasteiger partial charge in [-0.15, -0.1) is 0 Å². The number of amides is 2. The number of nitrogens with one attached hydrogen (secondary N) is 1. The van der Waals surface area contributed by atoms with E-state index in [2.05, 4.69) is 10.4 Å². The smallest absolute Gasteiger partial charge is 0.322 e. The van der Waals surface area contributed by atoms with Crippen LogP contribution < -0.4 is 10.9 Å². The van der Waals surface area contributed by atoms with Crippen LogP contribution in [0.15, 0.2) is 35.1 Å². The number of fused-ring (bicyclic) bond motifs is 1. The van der Waals surface area contributed by atoms with E-state index in [4.69, 9.17) is 11.6 Å². The van der Waals surface area contributed by atoms with Crippen LogP contribution in [0, 0.1) is 17.5 Å². The van der Waals surface area contributed by atoms with Crippen molar-refractivity contribution in [3.63, 3.8) is 0 Å². The van der Waals surface area contributed by atoms with Crippen molar-refractivity contribution in [2.24, 2.45) is 7.05 Å². The minimum Gasteiger partial charge on any atom is -0.396 e.